The van der Waals surface area contributed by atoms with Crippen molar-refractivity contribution in [1.82, 2.24) is 15.5 Å². The number of nitrogens with zero attached hydrogens (tertiary/aromatic N) is 3. The largest absolute Gasteiger partial charge is 0.355 e. The van der Waals surface area contributed by atoms with E-state index in [1.807, 2.05) is 13.0 Å². The summed E-state index contributed by atoms with van der Waals surface area (Å²) >= 11 is 0. The maximum atomic E-state index is 4.27. The minimum atomic E-state index is 0.742. The molecule has 1 fully saturated rings. The Morgan fingerprint density at radius 2 is 2.29 bits per heavy atom. The number of hydrogen-bond acceptors (Lipinski definition) is 4. The molecular formula is C13H22N4. The van der Waals surface area contributed by atoms with Crippen molar-refractivity contribution in [3.8, 4) is 0 Å². The van der Waals surface area contributed by atoms with Gasteiger partial charge in [0.15, 0.2) is 5.82 Å². The average Bonchev–Trinajstić information content (AvgIpc) is 2.38. The Kier molecular flexibility index (Phi) is 4.31. The molecule has 1 aliphatic rings. The molecule has 0 aliphatic carbocycles. The standard InChI is InChI=1S/C13H22N4/c1-3-17(10-12-5-4-8-14-9-12)13-7-6-11(2)15-16-13/h6-7,12,14H,3-5,8-10H2,1-2H3. The van der Waals surface area contributed by atoms with E-state index in [9.17, 15) is 0 Å². The van der Waals surface area contributed by atoms with Gasteiger partial charge in [0, 0.05) is 13.1 Å². The Bertz CT molecular complexity index is 330. The number of aromatic nitrogens is 2. The highest BCUT2D eigenvalue weighted by Gasteiger charge is 2.17. The van der Waals surface area contributed by atoms with Crippen molar-refractivity contribution < 1.29 is 0 Å². The highest BCUT2D eigenvalue weighted by molar-refractivity contribution is 5.37. The summed E-state index contributed by atoms with van der Waals surface area (Å²) in [5.41, 5.74) is 0.976. The third-order valence-corrected chi connectivity index (χ3v) is 3.37. The third-order valence-electron chi connectivity index (χ3n) is 3.37. The second kappa shape index (κ2) is 5.96. The number of piperidine rings is 1. The summed E-state index contributed by atoms with van der Waals surface area (Å²) in [7, 11) is 0. The lowest BCUT2D eigenvalue weighted by atomic mass is 9.99. The quantitative estimate of drug-likeness (QED) is 0.859. The number of hydrogen-bond donors (Lipinski definition) is 1. The molecule has 2 heterocycles. The van der Waals surface area contributed by atoms with Gasteiger partial charge in [0.25, 0.3) is 0 Å². The molecule has 0 aromatic carbocycles. The maximum absolute atomic E-state index is 4.27. The van der Waals surface area contributed by atoms with Gasteiger partial charge in [0.2, 0.25) is 0 Å². The van der Waals surface area contributed by atoms with Crippen LogP contribution < -0.4 is 10.2 Å². The van der Waals surface area contributed by atoms with Gasteiger partial charge in [-0.15, -0.1) is 5.10 Å². The Morgan fingerprint density at radius 3 is 2.88 bits per heavy atom. The SMILES string of the molecule is CCN(CC1CCCNC1)c1ccc(C)nn1. The van der Waals surface area contributed by atoms with E-state index in [1.165, 1.54) is 19.4 Å². The molecule has 4 heteroatoms. The Labute approximate surface area is 103 Å². The molecular weight excluding hydrogens is 212 g/mol. The van der Waals surface area contributed by atoms with Crippen LogP contribution in [0.15, 0.2) is 12.1 Å². The molecule has 0 spiro atoms. The van der Waals surface area contributed by atoms with E-state index < -0.39 is 0 Å². The second-order valence-electron chi connectivity index (χ2n) is 4.78. The predicted octanol–water partition coefficient (Wildman–Crippen LogP) is 1.61. The Morgan fingerprint density at radius 1 is 1.41 bits per heavy atom. The third kappa shape index (κ3) is 3.40. The first-order valence-corrected chi connectivity index (χ1v) is 6.55. The van der Waals surface area contributed by atoms with Gasteiger partial charge in [-0.05, 0) is 57.8 Å². The van der Waals surface area contributed by atoms with Crippen LogP contribution in [0.25, 0.3) is 0 Å². The van der Waals surface area contributed by atoms with E-state index in [0.717, 1.165) is 37.1 Å². The van der Waals surface area contributed by atoms with Gasteiger partial charge >= 0.3 is 0 Å². The molecule has 0 radical (unpaired) electrons. The minimum Gasteiger partial charge on any atom is -0.355 e. The van der Waals surface area contributed by atoms with E-state index in [4.69, 9.17) is 0 Å². The highest BCUT2D eigenvalue weighted by atomic mass is 15.3. The van der Waals surface area contributed by atoms with Crippen LogP contribution in [0.1, 0.15) is 25.5 Å². The van der Waals surface area contributed by atoms with Crippen LogP contribution in [-0.2, 0) is 0 Å². The van der Waals surface area contributed by atoms with Crippen molar-refractivity contribution in [2.45, 2.75) is 26.7 Å². The average molecular weight is 234 g/mol. The fourth-order valence-electron chi connectivity index (χ4n) is 2.34. The molecule has 1 aromatic rings. The van der Waals surface area contributed by atoms with Gasteiger partial charge in [-0.2, -0.15) is 5.10 Å². The van der Waals surface area contributed by atoms with Crippen LogP contribution in [0.3, 0.4) is 0 Å². The van der Waals surface area contributed by atoms with E-state index in [-0.39, 0.29) is 0 Å². The number of rotatable bonds is 4. The number of nitrogens with one attached hydrogen (secondary N) is 1. The molecule has 0 saturated carbocycles. The summed E-state index contributed by atoms with van der Waals surface area (Å²) in [6, 6.07) is 4.10. The van der Waals surface area contributed by atoms with Crippen LogP contribution >= 0.6 is 0 Å². The number of anilines is 1. The fourth-order valence-corrected chi connectivity index (χ4v) is 2.34. The first-order chi connectivity index (χ1) is 8.29. The van der Waals surface area contributed by atoms with Crippen molar-refractivity contribution in [3.05, 3.63) is 17.8 Å². The van der Waals surface area contributed by atoms with Gasteiger partial charge in [0.1, 0.15) is 0 Å². The monoisotopic (exact) mass is 234 g/mol. The van der Waals surface area contributed by atoms with Gasteiger partial charge in [-0.25, -0.2) is 0 Å². The van der Waals surface area contributed by atoms with Crippen LogP contribution in [0, 0.1) is 12.8 Å². The van der Waals surface area contributed by atoms with Crippen LogP contribution in [0.5, 0.6) is 0 Å². The molecule has 1 aliphatic heterocycles. The number of aryl methyl sites for hydroxylation is 1. The molecule has 94 valence electrons. The predicted molar refractivity (Wildman–Crippen MR) is 70.2 cm³/mol. The van der Waals surface area contributed by atoms with Crippen molar-refractivity contribution in [2.24, 2.45) is 5.92 Å². The molecule has 1 atom stereocenters. The van der Waals surface area contributed by atoms with Crippen LogP contribution in [0.4, 0.5) is 5.82 Å². The summed E-state index contributed by atoms with van der Waals surface area (Å²) < 4.78 is 0. The van der Waals surface area contributed by atoms with Gasteiger partial charge in [-0.3, -0.25) is 0 Å². The Hall–Kier alpha value is -1.16. The molecule has 0 amide bonds. The van der Waals surface area contributed by atoms with E-state index >= 15 is 0 Å². The minimum absolute atomic E-state index is 0.742. The zero-order valence-corrected chi connectivity index (χ0v) is 10.8. The first-order valence-electron chi connectivity index (χ1n) is 6.55. The summed E-state index contributed by atoms with van der Waals surface area (Å²) in [6.07, 6.45) is 2.62. The maximum Gasteiger partial charge on any atom is 0.151 e. The van der Waals surface area contributed by atoms with Crippen LogP contribution in [-0.4, -0.2) is 36.4 Å². The molecule has 4 nitrogen and oxygen atoms in total. The molecule has 17 heavy (non-hydrogen) atoms. The van der Waals surface area contributed by atoms with Gasteiger partial charge in [0.05, 0.1) is 5.69 Å². The molecule has 0 bridgehead atoms. The molecule has 1 saturated heterocycles. The van der Waals surface area contributed by atoms with E-state index in [1.54, 1.807) is 0 Å². The van der Waals surface area contributed by atoms with Gasteiger partial charge in [-0.1, -0.05) is 0 Å². The lowest BCUT2D eigenvalue weighted by Gasteiger charge is -2.29. The summed E-state index contributed by atoms with van der Waals surface area (Å²) in [5, 5.41) is 11.9. The first kappa shape index (κ1) is 12.3. The van der Waals surface area contributed by atoms with Crippen molar-refractivity contribution >= 4 is 5.82 Å². The highest BCUT2D eigenvalue weighted by Crippen LogP contribution is 2.16. The summed E-state index contributed by atoms with van der Waals surface area (Å²) in [5.74, 6) is 1.75. The van der Waals surface area contributed by atoms with E-state index in [0.29, 0.717) is 0 Å². The normalized spacial score (nSPS) is 20.2. The zero-order chi connectivity index (χ0) is 12.1. The zero-order valence-electron chi connectivity index (χ0n) is 10.8. The molecule has 2 rings (SSSR count). The van der Waals surface area contributed by atoms with Crippen molar-refractivity contribution in [1.29, 1.82) is 0 Å². The van der Waals surface area contributed by atoms with E-state index in [2.05, 4.69) is 33.4 Å². The van der Waals surface area contributed by atoms with Crippen molar-refractivity contribution in [2.75, 3.05) is 31.1 Å². The second-order valence-corrected chi connectivity index (χ2v) is 4.78. The Balaban J connectivity index is 1.97. The van der Waals surface area contributed by atoms with Gasteiger partial charge < -0.3 is 10.2 Å². The fraction of sp³-hybridized carbons (Fsp3) is 0.692. The van der Waals surface area contributed by atoms with Crippen LogP contribution in [0.2, 0.25) is 0 Å². The topological polar surface area (TPSA) is 41.0 Å². The lowest BCUT2D eigenvalue weighted by molar-refractivity contribution is 0.377. The molecule has 1 unspecified atom stereocenters. The van der Waals surface area contributed by atoms with Crippen molar-refractivity contribution in [3.63, 3.8) is 0 Å². The summed E-state index contributed by atoms with van der Waals surface area (Å²) in [4.78, 5) is 2.32. The summed E-state index contributed by atoms with van der Waals surface area (Å²) in [6.45, 7) is 8.54. The molecule has 1 aromatic heterocycles. The smallest absolute Gasteiger partial charge is 0.151 e. The molecule has 1 N–H and O–H groups in total. The lowest BCUT2D eigenvalue weighted by Crippen LogP contribution is -2.38.